The van der Waals surface area contributed by atoms with E-state index in [-0.39, 0.29) is 16.3 Å². The Kier molecular flexibility index (Phi) is 6.32. The number of hydrogen-bond acceptors (Lipinski definition) is 6. The van der Waals surface area contributed by atoms with Crippen molar-refractivity contribution in [2.75, 3.05) is 17.7 Å². The maximum absolute atomic E-state index is 12.8. The van der Waals surface area contributed by atoms with Crippen LogP contribution >= 0.6 is 23.1 Å². The molecule has 0 aliphatic rings. The van der Waals surface area contributed by atoms with Gasteiger partial charge in [-0.25, -0.2) is 4.79 Å². The van der Waals surface area contributed by atoms with Crippen molar-refractivity contribution in [2.24, 2.45) is 0 Å². The highest BCUT2D eigenvalue weighted by Crippen LogP contribution is 2.34. The van der Waals surface area contributed by atoms with E-state index in [1.165, 1.54) is 6.92 Å². The summed E-state index contributed by atoms with van der Waals surface area (Å²) < 4.78 is 47.5. The zero-order chi connectivity index (χ0) is 20.4. The quantitative estimate of drug-likeness (QED) is 0.701. The van der Waals surface area contributed by atoms with Crippen LogP contribution in [0.2, 0.25) is 5.02 Å². The third-order valence-electron chi connectivity index (χ3n) is 3.50. The first kappa shape index (κ1) is 21.0. The number of esters is 1. The smallest absolute Gasteiger partial charge is 0.416 e. The van der Waals surface area contributed by atoms with Gasteiger partial charge in [0.1, 0.15) is 10.6 Å². The highest BCUT2D eigenvalue weighted by molar-refractivity contribution is 7.10. The molecule has 0 saturated heterocycles. The fraction of sp³-hybridized carbons (Fsp3) is 0.312. The second-order valence-corrected chi connectivity index (χ2v) is 6.63. The lowest BCUT2D eigenvalue weighted by molar-refractivity contribution is -0.137. The molecule has 2 rings (SSSR count). The predicted molar refractivity (Wildman–Crippen MR) is 96.4 cm³/mol. The highest BCUT2D eigenvalue weighted by atomic mass is 35.5. The molecule has 0 spiro atoms. The Morgan fingerprint density at radius 3 is 2.59 bits per heavy atom. The molecular formula is C16H15ClF3N3O3S. The summed E-state index contributed by atoms with van der Waals surface area (Å²) in [4.78, 5) is 24.5. The number of amides is 1. The summed E-state index contributed by atoms with van der Waals surface area (Å²) in [6.45, 7) is 2.91. The molecule has 6 nitrogen and oxygen atoms in total. The molecule has 2 N–H and O–H groups in total. The van der Waals surface area contributed by atoms with Gasteiger partial charge in [-0.1, -0.05) is 11.6 Å². The number of nitrogens with zero attached hydrogens (tertiary/aromatic N) is 1. The molecule has 1 aromatic heterocycles. The third-order valence-corrected chi connectivity index (χ3v) is 4.78. The van der Waals surface area contributed by atoms with E-state index >= 15 is 0 Å². The van der Waals surface area contributed by atoms with Gasteiger partial charge < -0.3 is 15.4 Å². The van der Waals surface area contributed by atoms with Crippen LogP contribution in [0.4, 0.5) is 23.9 Å². The fourth-order valence-corrected chi connectivity index (χ4v) is 2.98. The zero-order valence-electron chi connectivity index (χ0n) is 14.4. The zero-order valence-corrected chi connectivity index (χ0v) is 16.0. The molecule has 0 unspecified atom stereocenters. The maximum atomic E-state index is 12.8. The number of anilines is 2. The van der Waals surface area contributed by atoms with Gasteiger partial charge >= 0.3 is 12.1 Å². The summed E-state index contributed by atoms with van der Waals surface area (Å²) in [5.41, 5.74) is -0.573. The van der Waals surface area contributed by atoms with E-state index in [0.29, 0.717) is 16.8 Å². The van der Waals surface area contributed by atoms with Crippen LogP contribution in [0, 0.1) is 6.92 Å². The second kappa shape index (κ2) is 8.13. The molecule has 11 heteroatoms. The number of carbonyl (C=O) groups excluding carboxylic acids is 2. The van der Waals surface area contributed by atoms with Gasteiger partial charge in [0.25, 0.3) is 5.91 Å². The lowest BCUT2D eigenvalue weighted by Gasteiger charge is -2.16. The number of carbonyl (C=O) groups is 2. The molecule has 0 aliphatic carbocycles. The van der Waals surface area contributed by atoms with Gasteiger partial charge in [-0.15, -0.1) is 0 Å². The Morgan fingerprint density at radius 1 is 1.33 bits per heavy atom. The number of benzene rings is 1. The van der Waals surface area contributed by atoms with Crippen molar-refractivity contribution in [3.63, 3.8) is 0 Å². The predicted octanol–water partition coefficient (Wildman–Crippen LogP) is 4.35. The number of aromatic nitrogens is 1. The van der Waals surface area contributed by atoms with E-state index in [1.807, 2.05) is 0 Å². The van der Waals surface area contributed by atoms with Crippen LogP contribution in [0.15, 0.2) is 18.2 Å². The van der Waals surface area contributed by atoms with Crippen LogP contribution in [0.1, 0.15) is 28.5 Å². The van der Waals surface area contributed by atoms with Gasteiger partial charge in [-0.3, -0.25) is 4.79 Å². The summed E-state index contributed by atoms with van der Waals surface area (Å²) in [6.07, 6.45) is -5.86. The van der Waals surface area contributed by atoms with Crippen molar-refractivity contribution >= 4 is 45.7 Å². The van der Waals surface area contributed by atoms with E-state index < -0.39 is 29.7 Å². The van der Waals surface area contributed by atoms with E-state index in [0.717, 1.165) is 23.7 Å². The van der Waals surface area contributed by atoms with Crippen LogP contribution in [0.25, 0.3) is 0 Å². The van der Waals surface area contributed by atoms with Crippen molar-refractivity contribution in [1.29, 1.82) is 0 Å². The Balaban J connectivity index is 2.12. The average molecular weight is 422 g/mol. The Hall–Kier alpha value is -2.33. The summed E-state index contributed by atoms with van der Waals surface area (Å²) in [6, 6.07) is 2.53. The average Bonchev–Trinajstić information content (AvgIpc) is 2.96. The molecule has 1 atom stereocenters. The molecule has 146 valence electrons. The minimum Gasteiger partial charge on any atom is -0.449 e. The van der Waals surface area contributed by atoms with Crippen LogP contribution in [0.5, 0.6) is 0 Å². The van der Waals surface area contributed by atoms with Crippen molar-refractivity contribution in [3.8, 4) is 0 Å². The molecule has 27 heavy (non-hydrogen) atoms. The molecule has 1 amide bonds. The standard InChI is InChI=1S/C16H15ClF3N3O3S/c1-7-12(14(21-3)27-23-7)15(25)26-8(2)13(24)22-11-6-9(16(18,19)20)4-5-10(11)17/h4-6,8,21H,1-3H3,(H,22,24)/t8-/m0/s1. The van der Waals surface area contributed by atoms with Crippen molar-refractivity contribution in [2.45, 2.75) is 26.1 Å². The number of ether oxygens (including phenoxy) is 1. The molecule has 1 heterocycles. The Morgan fingerprint density at radius 2 is 2.00 bits per heavy atom. The number of hydrogen-bond donors (Lipinski definition) is 2. The SMILES string of the molecule is CNc1snc(C)c1C(=O)O[C@@H](C)C(=O)Nc1cc(C(F)(F)F)ccc1Cl. The molecule has 2 aromatic rings. The van der Waals surface area contributed by atoms with Crippen LogP contribution in [0.3, 0.4) is 0 Å². The summed E-state index contributed by atoms with van der Waals surface area (Å²) in [5.74, 6) is -1.60. The topological polar surface area (TPSA) is 80.3 Å². The fourth-order valence-electron chi connectivity index (χ4n) is 2.09. The molecule has 0 aliphatic heterocycles. The largest absolute Gasteiger partial charge is 0.449 e. The van der Waals surface area contributed by atoms with Gasteiger partial charge in [0.15, 0.2) is 6.10 Å². The normalized spacial score (nSPS) is 12.4. The monoisotopic (exact) mass is 421 g/mol. The van der Waals surface area contributed by atoms with Crippen molar-refractivity contribution in [3.05, 3.63) is 40.0 Å². The summed E-state index contributed by atoms with van der Waals surface area (Å²) in [7, 11) is 1.61. The van der Waals surface area contributed by atoms with Crippen LogP contribution < -0.4 is 10.6 Å². The van der Waals surface area contributed by atoms with Gasteiger partial charge in [-0.05, 0) is 43.6 Å². The van der Waals surface area contributed by atoms with Gasteiger partial charge in [-0.2, -0.15) is 17.5 Å². The van der Waals surface area contributed by atoms with Crippen molar-refractivity contribution in [1.82, 2.24) is 4.37 Å². The first-order valence-corrected chi connectivity index (χ1v) is 8.72. The van der Waals surface area contributed by atoms with Gasteiger partial charge in [0.2, 0.25) is 0 Å². The van der Waals surface area contributed by atoms with Crippen LogP contribution in [-0.4, -0.2) is 29.4 Å². The molecular weight excluding hydrogens is 407 g/mol. The first-order valence-electron chi connectivity index (χ1n) is 7.57. The van der Waals surface area contributed by atoms with Crippen LogP contribution in [-0.2, 0) is 15.7 Å². The minimum atomic E-state index is -4.59. The number of halogens is 4. The Bertz CT molecular complexity index is 870. The lowest BCUT2D eigenvalue weighted by Crippen LogP contribution is -2.30. The van der Waals surface area contributed by atoms with E-state index in [1.54, 1.807) is 14.0 Å². The Labute approximate surface area is 161 Å². The number of rotatable bonds is 5. The third kappa shape index (κ3) is 4.89. The minimum absolute atomic E-state index is 0.0785. The maximum Gasteiger partial charge on any atom is 0.416 e. The first-order chi connectivity index (χ1) is 12.5. The molecule has 0 bridgehead atoms. The summed E-state index contributed by atoms with van der Waals surface area (Å²) >= 11 is 6.90. The van der Waals surface area contributed by atoms with E-state index in [9.17, 15) is 22.8 Å². The number of alkyl halides is 3. The summed E-state index contributed by atoms with van der Waals surface area (Å²) in [5, 5.41) is 5.44. The van der Waals surface area contributed by atoms with E-state index in [2.05, 4.69) is 15.0 Å². The number of nitrogens with one attached hydrogen (secondary N) is 2. The second-order valence-electron chi connectivity index (χ2n) is 5.45. The van der Waals surface area contributed by atoms with Crippen molar-refractivity contribution < 1.29 is 27.5 Å². The molecule has 0 radical (unpaired) electrons. The van der Waals surface area contributed by atoms with Gasteiger partial charge in [0.05, 0.1) is 22.0 Å². The van der Waals surface area contributed by atoms with Gasteiger partial charge in [0, 0.05) is 7.05 Å². The highest BCUT2D eigenvalue weighted by Gasteiger charge is 2.31. The lowest BCUT2D eigenvalue weighted by atomic mass is 10.2. The molecule has 0 saturated carbocycles. The number of aryl methyl sites for hydroxylation is 1. The van der Waals surface area contributed by atoms with E-state index in [4.69, 9.17) is 16.3 Å². The molecule has 1 aromatic carbocycles. The molecule has 0 fully saturated rings.